The first-order valence-corrected chi connectivity index (χ1v) is 9.86. The van der Waals surface area contributed by atoms with Crippen molar-refractivity contribution in [3.8, 4) is 0 Å². The van der Waals surface area contributed by atoms with Crippen LogP contribution in [0.2, 0.25) is 0 Å². The average Bonchev–Trinajstić information content (AvgIpc) is 3.24. The molecule has 0 bridgehead atoms. The molecule has 29 heavy (non-hydrogen) atoms. The van der Waals surface area contributed by atoms with E-state index >= 15 is 0 Å². The van der Waals surface area contributed by atoms with Crippen molar-refractivity contribution in [1.82, 2.24) is 10.2 Å². The number of nitrogens with zero attached hydrogens (tertiary/aromatic N) is 2. The lowest BCUT2D eigenvalue weighted by Gasteiger charge is -2.30. The summed E-state index contributed by atoms with van der Waals surface area (Å²) in [5.41, 5.74) is -0.587. The van der Waals surface area contributed by atoms with E-state index in [0.29, 0.717) is 43.5 Å². The van der Waals surface area contributed by atoms with Crippen molar-refractivity contribution in [2.75, 3.05) is 18.0 Å². The lowest BCUT2D eigenvalue weighted by Crippen LogP contribution is -2.44. The highest BCUT2D eigenvalue weighted by Gasteiger charge is 2.52. The molecule has 2 heterocycles. The standard InChI is InChI=1S/C20H22F3N3O3/c21-20(22,23)14-5-6-15-13(12-14)4-3-10-25(15)16(27)7-11-26-17(28)19(24-18(26)29)8-1-2-9-19/h5-6,12H,1-4,7-11H2,(H,24,29). The van der Waals surface area contributed by atoms with Gasteiger partial charge in [-0.25, -0.2) is 4.79 Å². The average molecular weight is 409 g/mol. The molecule has 2 aliphatic heterocycles. The molecule has 1 aromatic rings. The van der Waals surface area contributed by atoms with Crippen molar-refractivity contribution in [2.24, 2.45) is 0 Å². The number of benzene rings is 1. The zero-order valence-electron chi connectivity index (χ0n) is 15.8. The quantitative estimate of drug-likeness (QED) is 0.780. The molecule has 4 rings (SSSR count). The number of imide groups is 1. The first-order valence-electron chi connectivity index (χ1n) is 9.86. The lowest BCUT2D eigenvalue weighted by molar-refractivity contribution is -0.137. The Bertz CT molecular complexity index is 862. The van der Waals surface area contributed by atoms with Crippen LogP contribution in [0.25, 0.3) is 0 Å². The second kappa shape index (κ2) is 7.03. The smallest absolute Gasteiger partial charge is 0.323 e. The number of hydrogen-bond donors (Lipinski definition) is 1. The highest BCUT2D eigenvalue weighted by Crippen LogP contribution is 2.36. The van der Waals surface area contributed by atoms with Gasteiger partial charge in [0, 0.05) is 25.2 Å². The summed E-state index contributed by atoms with van der Waals surface area (Å²) in [6.07, 6.45) is -0.472. The SMILES string of the molecule is O=C1NC2(CCCC2)C(=O)N1CCC(=O)N1CCCc2cc(C(F)(F)F)ccc21. The van der Waals surface area contributed by atoms with Crippen LogP contribution < -0.4 is 10.2 Å². The van der Waals surface area contributed by atoms with Gasteiger partial charge < -0.3 is 10.2 Å². The Morgan fingerprint density at radius 3 is 2.55 bits per heavy atom. The van der Waals surface area contributed by atoms with E-state index in [0.717, 1.165) is 29.9 Å². The Balaban J connectivity index is 1.45. The zero-order valence-corrected chi connectivity index (χ0v) is 15.8. The summed E-state index contributed by atoms with van der Waals surface area (Å²) in [5.74, 6) is -0.583. The van der Waals surface area contributed by atoms with Crippen LogP contribution in [0.1, 0.15) is 49.7 Å². The molecule has 9 heteroatoms. The van der Waals surface area contributed by atoms with Gasteiger partial charge in [0.15, 0.2) is 0 Å². The van der Waals surface area contributed by atoms with Gasteiger partial charge in [0.05, 0.1) is 5.56 Å². The minimum atomic E-state index is -4.43. The van der Waals surface area contributed by atoms with E-state index < -0.39 is 23.3 Å². The Morgan fingerprint density at radius 1 is 1.14 bits per heavy atom. The molecule has 1 aromatic carbocycles. The Labute approximate surface area is 166 Å². The van der Waals surface area contributed by atoms with E-state index in [1.165, 1.54) is 11.0 Å². The molecule has 1 spiro atoms. The molecule has 1 N–H and O–H groups in total. The maximum atomic E-state index is 13.0. The number of rotatable bonds is 3. The highest BCUT2D eigenvalue weighted by atomic mass is 19.4. The van der Waals surface area contributed by atoms with E-state index in [4.69, 9.17) is 0 Å². The molecule has 2 fully saturated rings. The highest BCUT2D eigenvalue weighted by molar-refractivity contribution is 6.07. The molecule has 1 saturated heterocycles. The number of anilines is 1. The van der Waals surface area contributed by atoms with Gasteiger partial charge in [-0.3, -0.25) is 14.5 Å². The summed E-state index contributed by atoms with van der Waals surface area (Å²) in [6.45, 7) is 0.374. The fraction of sp³-hybridized carbons (Fsp3) is 0.550. The van der Waals surface area contributed by atoms with Crippen molar-refractivity contribution in [3.05, 3.63) is 29.3 Å². The van der Waals surface area contributed by atoms with Crippen LogP contribution in [-0.2, 0) is 22.2 Å². The first kappa shape index (κ1) is 19.7. The minimum absolute atomic E-state index is 0.0300. The fourth-order valence-electron chi connectivity index (χ4n) is 4.57. The van der Waals surface area contributed by atoms with Crippen molar-refractivity contribution < 1.29 is 27.6 Å². The molecule has 1 aliphatic carbocycles. The maximum absolute atomic E-state index is 13.0. The van der Waals surface area contributed by atoms with Gasteiger partial charge in [-0.2, -0.15) is 13.2 Å². The second-order valence-corrected chi connectivity index (χ2v) is 7.92. The van der Waals surface area contributed by atoms with E-state index in [9.17, 15) is 27.6 Å². The van der Waals surface area contributed by atoms with Gasteiger partial charge in [-0.1, -0.05) is 12.8 Å². The van der Waals surface area contributed by atoms with Crippen molar-refractivity contribution in [2.45, 2.75) is 56.7 Å². The van der Waals surface area contributed by atoms with Gasteiger partial charge in [-0.15, -0.1) is 0 Å². The lowest BCUT2D eigenvalue weighted by atomic mass is 9.98. The third kappa shape index (κ3) is 3.47. The van der Waals surface area contributed by atoms with Crippen LogP contribution in [0.15, 0.2) is 18.2 Å². The number of nitrogens with one attached hydrogen (secondary N) is 1. The van der Waals surface area contributed by atoms with Crippen LogP contribution in [0.5, 0.6) is 0 Å². The van der Waals surface area contributed by atoms with Crippen LogP contribution in [0.3, 0.4) is 0 Å². The minimum Gasteiger partial charge on any atom is -0.323 e. The summed E-state index contributed by atoms with van der Waals surface area (Å²) in [5, 5.41) is 2.77. The number of urea groups is 1. The number of carbonyl (C=O) groups excluding carboxylic acids is 3. The topological polar surface area (TPSA) is 69.7 Å². The summed E-state index contributed by atoms with van der Waals surface area (Å²) in [6, 6.07) is 2.93. The first-order chi connectivity index (χ1) is 13.7. The molecule has 0 radical (unpaired) electrons. The molecule has 4 amide bonds. The van der Waals surface area contributed by atoms with Crippen LogP contribution in [-0.4, -0.2) is 41.4 Å². The third-order valence-electron chi connectivity index (χ3n) is 6.08. The second-order valence-electron chi connectivity index (χ2n) is 7.92. The molecule has 6 nitrogen and oxygen atoms in total. The van der Waals surface area contributed by atoms with Crippen LogP contribution >= 0.6 is 0 Å². The van der Waals surface area contributed by atoms with Gasteiger partial charge in [-0.05, 0) is 49.4 Å². The predicted octanol–water partition coefficient (Wildman–Crippen LogP) is 3.24. The van der Waals surface area contributed by atoms with Crippen molar-refractivity contribution in [3.63, 3.8) is 0 Å². The van der Waals surface area contributed by atoms with Gasteiger partial charge in [0.1, 0.15) is 5.54 Å². The molecule has 0 unspecified atom stereocenters. The maximum Gasteiger partial charge on any atom is 0.416 e. The van der Waals surface area contributed by atoms with E-state index in [1.807, 2.05) is 0 Å². The number of halogens is 3. The molecule has 0 atom stereocenters. The monoisotopic (exact) mass is 409 g/mol. The van der Waals surface area contributed by atoms with Crippen LogP contribution in [0, 0.1) is 0 Å². The predicted molar refractivity (Wildman–Crippen MR) is 98.2 cm³/mol. The molecule has 156 valence electrons. The van der Waals surface area contributed by atoms with Gasteiger partial charge in [0.2, 0.25) is 5.91 Å². The van der Waals surface area contributed by atoms with Gasteiger partial charge >= 0.3 is 12.2 Å². The van der Waals surface area contributed by atoms with Gasteiger partial charge in [0.25, 0.3) is 5.91 Å². The number of carbonyl (C=O) groups is 3. The Kier molecular flexibility index (Phi) is 4.78. The summed E-state index contributed by atoms with van der Waals surface area (Å²) >= 11 is 0. The number of aryl methyl sites for hydroxylation is 1. The Morgan fingerprint density at radius 2 is 1.86 bits per heavy atom. The number of hydrogen-bond acceptors (Lipinski definition) is 3. The summed E-state index contributed by atoms with van der Waals surface area (Å²) < 4.78 is 38.9. The molecule has 1 saturated carbocycles. The van der Waals surface area contributed by atoms with Crippen molar-refractivity contribution >= 4 is 23.5 Å². The van der Waals surface area contributed by atoms with E-state index in [-0.39, 0.29) is 24.8 Å². The van der Waals surface area contributed by atoms with E-state index in [2.05, 4.69) is 5.32 Å². The van der Waals surface area contributed by atoms with Crippen LogP contribution in [0.4, 0.5) is 23.7 Å². The normalized spacial score (nSPS) is 20.9. The molecular formula is C20H22F3N3O3. The van der Waals surface area contributed by atoms with Crippen molar-refractivity contribution in [1.29, 1.82) is 0 Å². The zero-order chi connectivity index (χ0) is 20.8. The number of amides is 4. The largest absolute Gasteiger partial charge is 0.416 e. The number of fused-ring (bicyclic) bond motifs is 1. The number of alkyl halides is 3. The fourth-order valence-corrected chi connectivity index (χ4v) is 4.57. The van der Waals surface area contributed by atoms with E-state index in [1.54, 1.807) is 0 Å². The third-order valence-corrected chi connectivity index (χ3v) is 6.08. The summed E-state index contributed by atoms with van der Waals surface area (Å²) in [4.78, 5) is 40.2. The Hall–Kier alpha value is -2.58. The molecule has 0 aromatic heterocycles. The summed E-state index contributed by atoms with van der Waals surface area (Å²) in [7, 11) is 0. The molecule has 3 aliphatic rings. The molecular weight excluding hydrogens is 387 g/mol.